The predicted molar refractivity (Wildman–Crippen MR) is 104 cm³/mol. The standard InChI is InChI=1S/C21H18N4O2/c1-25-12-11-22-20(25)19(14-7-3-2-4-8-14)24-21(27)16-13-18(26)23-17-10-6-5-9-15(16)17/h2-13,19H,1H3,(H,23,26)(H,24,27)/t19-/m0/s1. The van der Waals surface area contributed by atoms with Crippen molar-refractivity contribution < 1.29 is 4.79 Å². The van der Waals surface area contributed by atoms with Gasteiger partial charge in [-0.3, -0.25) is 9.59 Å². The van der Waals surface area contributed by atoms with Crippen molar-refractivity contribution in [3.8, 4) is 0 Å². The normalized spacial score (nSPS) is 12.0. The fourth-order valence-corrected chi connectivity index (χ4v) is 3.20. The van der Waals surface area contributed by atoms with Gasteiger partial charge in [0, 0.05) is 36.4 Å². The van der Waals surface area contributed by atoms with Gasteiger partial charge in [-0.1, -0.05) is 48.5 Å². The molecule has 6 nitrogen and oxygen atoms in total. The van der Waals surface area contributed by atoms with Crippen molar-refractivity contribution in [3.63, 3.8) is 0 Å². The summed E-state index contributed by atoms with van der Waals surface area (Å²) in [5.74, 6) is 0.387. The van der Waals surface area contributed by atoms with Gasteiger partial charge in [-0.05, 0) is 11.6 Å². The lowest BCUT2D eigenvalue weighted by atomic mass is 10.0. The molecule has 2 heterocycles. The number of hydrogen-bond acceptors (Lipinski definition) is 3. The molecular weight excluding hydrogens is 340 g/mol. The number of aryl methyl sites for hydroxylation is 1. The van der Waals surface area contributed by atoms with E-state index in [1.807, 2.05) is 66.3 Å². The first-order valence-corrected chi connectivity index (χ1v) is 8.58. The Kier molecular flexibility index (Phi) is 4.30. The monoisotopic (exact) mass is 358 g/mol. The fourth-order valence-electron chi connectivity index (χ4n) is 3.20. The molecule has 0 spiro atoms. The molecule has 0 saturated carbocycles. The lowest BCUT2D eigenvalue weighted by Crippen LogP contribution is -2.32. The molecule has 4 rings (SSSR count). The smallest absolute Gasteiger partial charge is 0.253 e. The van der Waals surface area contributed by atoms with Gasteiger partial charge in [-0.15, -0.1) is 0 Å². The molecule has 1 atom stereocenters. The first kappa shape index (κ1) is 16.8. The summed E-state index contributed by atoms with van der Waals surface area (Å²) >= 11 is 0. The number of imidazole rings is 1. The highest BCUT2D eigenvalue weighted by atomic mass is 16.2. The van der Waals surface area contributed by atoms with Crippen LogP contribution in [0.25, 0.3) is 10.9 Å². The molecular formula is C21H18N4O2. The molecule has 6 heteroatoms. The van der Waals surface area contributed by atoms with Crippen LogP contribution in [0.15, 0.2) is 77.9 Å². The van der Waals surface area contributed by atoms with E-state index < -0.39 is 6.04 Å². The topological polar surface area (TPSA) is 79.8 Å². The zero-order chi connectivity index (χ0) is 18.8. The van der Waals surface area contributed by atoms with Crippen LogP contribution in [-0.2, 0) is 7.05 Å². The Labute approximate surface area is 155 Å². The van der Waals surface area contributed by atoms with Gasteiger partial charge in [-0.2, -0.15) is 0 Å². The van der Waals surface area contributed by atoms with E-state index in [-0.39, 0.29) is 11.5 Å². The summed E-state index contributed by atoms with van der Waals surface area (Å²) < 4.78 is 1.87. The van der Waals surface area contributed by atoms with Crippen LogP contribution >= 0.6 is 0 Å². The summed E-state index contributed by atoms with van der Waals surface area (Å²) in [6, 6.07) is 17.8. The number of rotatable bonds is 4. The quantitative estimate of drug-likeness (QED) is 0.589. The molecule has 0 radical (unpaired) electrons. The summed E-state index contributed by atoms with van der Waals surface area (Å²) in [4.78, 5) is 32.2. The van der Waals surface area contributed by atoms with Gasteiger partial charge in [0.05, 0.1) is 5.56 Å². The van der Waals surface area contributed by atoms with Gasteiger partial charge < -0.3 is 14.9 Å². The Hall–Kier alpha value is -3.67. The molecule has 2 N–H and O–H groups in total. The number of fused-ring (bicyclic) bond motifs is 1. The highest BCUT2D eigenvalue weighted by Gasteiger charge is 2.22. The van der Waals surface area contributed by atoms with E-state index in [1.165, 1.54) is 6.07 Å². The zero-order valence-corrected chi connectivity index (χ0v) is 14.7. The van der Waals surface area contributed by atoms with Crippen LogP contribution in [0.4, 0.5) is 0 Å². The molecule has 0 bridgehead atoms. The van der Waals surface area contributed by atoms with E-state index in [2.05, 4.69) is 15.3 Å². The minimum absolute atomic E-state index is 0.313. The zero-order valence-electron chi connectivity index (χ0n) is 14.7. The SMILES string of the molecule is Cn1ccnc1[C@@H](NC(=O)c1cc(=O)[nH]c2ccccc12)c1ccccc1. The maximum atomic E-state index is 13.1. The number of nitrogens with zero attached hydrogens (tertiary/aromatic N) is 2. The van der Waals surface area contributed by atoms with E-state index >= 15 is 0 Å². The van der Waals surface area contributed by atoms with Crippen LogP contribution < -0.4 is 10.9 Å². The number of carbonyl (C=O) groups excluding carboxylic acids is 1. The predicted octanol–water partition coefficient (Wildman–Crippen LogP) is 2.78. The van der Waals surface area contributed by atoms with Crippen LogP contribution in [0.5, 0.6) is 0 Å². The van der Waals surface area contributed by atoms with E-state index in [0.717, 1.165) is 5.56 Å². The number of aromatic nitrogens is 3. The van der Waals surface area contributed by atoms with Gasteiger partial charge in [0.2, 0.25) is 5.56 Å². The van der Waals surface area contributed by atoms with E-state index in [0.29, 0.717) is 22.3 Å². The maximum Gasteiger partial charge on any atom is 0.253 e. The second-order valence-corrected chi connectivity index (χ2v) is 6.31. The molecule has 2 aromatic carbocycles. The molecule has 0 aliphatic heterocycles. The Morgan fingerprint density at radius 1 is 1.11 bits per heavy atom. The number of amides is 1. The molecule has 0 unspecified atom stereocenters. The average Bonchev–Trinajstić information content (AvgIpc) is 3.11. The van der Waals surface area contributed by atoms with E-state index in [4.69, 9.17) is 0 Å². The van der Waals surface area contributed by atoms with Crippen molar-refractivity contribution in [2.45, 2.75) is 6.04 Å². The molecule has 4 aromatic rings. The fraction of sp³-hybridized carbons (Fsp3) is 0.0952. The number of benzene rings is 2. The first-order chi connectivity index (χ1) is 13.1. The van der Waals surface area contributed by atoms with Crippen molar-refractivity contribution >= 4 is 16.8 Å². The van der Waals surface area contributed by atoms with E-state index in [1.54, 1.807) is 12.3 Å². The lowest BCUT2D eigenvalue weighted by Gasteiger charge is -2.19. The third kappa shape index (κ3) is 3.25. The summed E-state index contributed by atoms with van der Waals surface area (Å²) in [5.41, 5.74) is 1.56. The Morgan fingerprint density at radius 2 is 1.85 bits per heavy atom. The second-order valence-electron chi connectivity index (χ2n) is 6.31. The van der Waals surface area contributed by atoms with Crippen LogP contribution in [-0.4, -0.2) is 20.4 Å². The van der Waals surface area contributed by atoms with Crippen molar-refractivity contribution in [1.29, 1.82) is 0 Å². The Balaban J connectivity index is 1.78. The van der Waals surface area contributed by atoms with Crippen molar-refractivity contribution in [2.75, 3.05) is 0 Å². The van der Waals surface area contributed by atoms with Crippen molar-refractivity contribution in [1.82, 2.24) is 19.9 Å². The Bertz CT molecular complexity index is 1160. The third-order valence-corrected chi connectivity index (χ3v) is 4.52. The summed E-state index contributed by atoms with van der Waals surface area (Å²) in [5, 5.41) is 3.73. The van der Waals surface area contributed by atoms with Crippen LogP contribution in [0.3, 0.4) is 0 Å². The summed E-state index contributed by atoms with van der Waals surface area (Å²) in [7, 11) is 1.88. The van der Waals surface area contributed by atoms with Gasteiger partial charge >= 0.3 is 0 Å². The van der Waals surface area contributed by atoms with Gasteiger partial charge in [0.1, 0.15) is 11.9 Å². The summed E-state index contributed by atoms with van der Waals surface area (Å²) in [6.07, 6.45) is 3.53. The maximum absolute atomic E-state index is 13.1. The number of aromatic amines is 1. The average molecular weight is 358 g/mol. The minimum atomic E-state index is -0.434. The largest absolute Gasteiger partial charge is 0.338 e. The molecule has 1 amide bonds. The van der Waals surface area contributed by atoms with Gasteiger partial charge in [0.15, 0.2) is 0 Å². The summed E-state index contributed by atoms with van der Waals surface area (Å²) in [6.45, 7) is 0. The molecule has 0 aliphatic rings. The van der Waals surface area contributed by atoms with Gasteiger partial charge in [-0.25, -0.2) is 4.98 Å². The van der Waals surface area contributed by atoms with Gasteiger partial charge in [0.25, 0.3) is 5.91 Å². The molecule has 134 valence electrons. The van der Waals surface area contributed by atoms with Crippen LogP contribution in [0.2, 0.25) is 0 Å². The Morgan fingerprint density at radius 3 is 2.59 bits per heavy atom. The number of para-hydroxylation sites is 1. The van der Waals surface area contributed by atoms with Crippen LogP contribution in [0.1, 0.15) is 27.8 Å². The molecule has 0 aliphatic carbocycles. The highest BCUT2D eigenvalue weighted by Crippen LogP contribution is 2.22. The van der Waals surface area contributed by atoms with Crippen molar-refractivity contribution in [3.05, 3.63) is 100 Å². The minimum Gasteiger partial charge on any atom is -0.338 e. The number of nitrogens with one attached hydrogen (secondary N) is 2. The molecule has 0 saturated heterocycles. The molecule has 2 aromatic heterocycles. The second kappa shape index (κ2) is 6.92. The first-order valence-electron chi connectivity index (χ1n) is 8.58. The van der Waals surface area contributed by atoms with Crippen molar-refractivity contribution in [2.24, 2.45) is 7.05 Å². The number of carbonyl (C=O) groups is 1. The molecule has 0 fully saturated rings. The third-order valence-electron chi connectivity index (χ3n) is 4.52. The number of pyridine rings is 1. The number of H-pyrrole nitrogens is 1. The van der Waals surface area contributed by atoms with E-state index in [9.17, 15) is 9.59 Å². The number of hydrogen-bond donors (Lipinski definition) is 2. The lowest BCUT2D eigenvalue weighted by molar-refractivity contribution is 0.0942. The highest BCUT2D eigenvalue weighted by molar-refractivity contribution is 6.06. The molecule has 27 heavy (non-hydrogen) atoms. The van der Waals surface area contributed by atoms with Crippen LogP contribution in [0, 0.1) is 0 Å².